The normalized spacial score (nSPS) is 12.4. The van der Waals surface area contributed by atoms with E-state index in [0.29, 0.717) is 6.54 Å². The molecule has 144 valence electrons. The highest BCUT2D eigenvalue weighted by molar-refractivity contribution is 14.0. The van der Waals surface area contributed by atoms with E-state index in [9.17, 15) is 0 Å². The molecule has 5 nitrogen and oxygen atoms in total. The van der Waals surface area contributed by atoms with Gasteiger partial charge in [0.1, 0.15) is 6.10 Å². The molecular weight excluding hydrogens is 429 g/mol. The van der Waals surface area contributed by atoms with Gasteiger partial charge in [0.25, 0.3) is 0 Å². The molecule has 1 atom stereocenters. The highest BCUT2D eigenvalue weighted by Crippen LogP contribution is 2.16. The Morgan fingerprint density at radius 2 is 1.80 bits per heavy atom. The summed E-state index contributed by atoms with van der Waals surface area (Å²) in [6, 6.07) is 10.2. The van der Waals surface area contributed by atoms with Gasteiger partial charge in [-0.3, -0.25) is 4.99 Å². The molecule has 0 saturated carbocycles. The Morgan fingerprint density at radius 3 is 2.44 bits per heavy atom. The highest BCUT2D eigenvalue weighted by Gasteiger charge is 2.09. The second-order valence-electron chi connectivity index (χ2n) is 5.60. The van der Waals surface area contributed by atoms with Gasteiger partial charge < -0.3 is 20.1 Å². The van der Waals surface area contributed by atoms with Crippen LogP contribution in [0.3, 0.4) is 0 Å². The predicted octanol–water partition coefficient (Wildman–Crippen LogP) is 3.75. The van der Waals surface area contributed by atoms with E-state index in [-0.39, 0.29) is 30.1 Å². The minimum atomic E-state index is -0.0287. The first kappa shape index (κ1) is 24.1. The zero-order valence-corrected chi connectivity index (χ0v) is 18.1. The quantitative estimate of drug-likeness (QED) is 0.215. The molecule has 1 rings (SSSR count). The van der Waals surface area contributed by atoms with Crippen molar-refractivity contribution >= 4 is 29.9 Å². The van der Waals surface area contributed by atoms with Gasteiger partial charge >= 0.3 is 0 Å². The molecule has 0 fully saturated rings. The lowest BCUT2D eigenvalue weighted by Crippen LogP contribution is -2.38. The fraction of sp³-hybridized carbons (Fsp3) is 0.632. The number of methoxy groups -OCH3 is 1. The third kappa shape index (κ3) is 11.4. The lowest BCUT2D eigenvalue weighted by atomic mass is 10.1. The average Bonchev–Trinajstić information content (AvgIpc) is 2.62. The van der Waals surface area contributed by atoms with Gasteiger partial charge in [-0.1, -0.05) is 43.7 Å². The number of halogens is 1. The topological polar surface area (TPSA) is 54.9 Å². The number of aliphatic imine (C=N–C) groups is 1. The van der Waals surface area contributed by atoms with Crippen molar-refractivity contribution in [3.8, 4) is 0 Å². The van der Waals surface area contributed by atoms with E-state index in [2.05, 4.69) is 41.6 Å². The lowest BCUT2D eigenvalue weighted by molar-refractivity contribution is 0.111. The number of hydrogen-bond donors (Lipinski definition) is 2. The first-order chi connectivity index (χ1) is 11.8. The van der Waals surface area contributed by atoms with Crippen molar-refractivity contribution in [1.82, 2.24) is 10.6 Å². The Labute approximate surface area is 170 Å². The van der Waals surface area contributed by atoms with Crippen LogP contribution < -0.4 is 10.6 Å². The number of unbranched alkanes of at least 4 members (excludes halogenated alkanes) is 1. The molecule has 0 spiro atoms. The molecular formula is C19H34IN3O2. The minimum absolute atomic E-state index is 0. The summed E-state index contributed by atoms with van der Waals surface area (Å²) < 4.78 is 11.1. The first-order valence-electron chi connectivity index (χ1n) is 8.99. The van der Waals surface area contributed by atoms with Gasteiger partial charge in [0.15, 0.2) is 5.96 Å². The predicted molar refractivity (Wildman–Crippen MR) is 116 cm³/mol. The molecule has 0 aliphatic rings. The van der Waals surface area contributed by atoms with E-state index >= 15 is 0 Å². The summed E-state index contributed by atoms with van der Waals surface area (Å²) in [6.07, 6.45) is 3.26. The maximum Gasteiger partial charge on any atom is 0.191 e. The minimum Gasteiger partial charge on any atom is -0.381 e. The van der Waals surface area contributed by atoms with Crippen molar-refractivity contribution in [2.45, 2.75) is 39.2 Å². The largest absolute Gasteiger partial charge is 0.381 e. The molecule has 1 unspecified atom stereocenters. The number of benzene rings is 1. The summed E-state index contributed by atoms with van der Waals surface area (Å²) in [5.41, 5.74) is 1.14. The van der Waals surface area contributed by atoms with Crippen LogP contribution in [0, 0.1) is 0 Å². The van der Waals surface area contributed by atoms with Gasteiger partial charge in [0, 0.05) is 33.4 Å². The molecule has 2 N–H and O–H groups in total. The number of guanidine groups is 1. The number of nitrogens with zero attached hydrogens (tertiary/aromatic N) is 1. The zero-order valence-electron chi connectivity index (χ0n) is 15.8. The van der Waals surface area contributed by atoms with Crippen LogP contribution in [0.1, 0.15) is 44.8 Å². The number of rotatable bonds is 12. The Hall–Kier alpha value is -0.860. The maximum atomic E-state index is 5.57. The molecule has 6 heteroatoms. The summed E-state index contributed by atoms with van der Waals surface area (Å²) in [4.78, 5) is 4.64. The molecule has 0 heterocycles. The van der Waals surface area contributed by atoms with Crippen LogP contribution in [-0.2, 0) is 9.47 Å². The van der Waals surface area contributed by atoms with Crippen LogP contribution in [0.15, 0.2) is 35.3 Å². The standard InChI is InChI=1S/C19H33N3O2.HI/c1-4-6-14-24-15-10-13-21-19(20-5-2)22-16-18(23-3)17-11-8-7-9-12-17;/h7-9,11-12,18H,4-6,10,13-16H2,1-3H3,(H2,20,21,22);1H. The zero-order chi connectivity index (χ0) is 17.5. The van der Waals surface area contributed by atoms with E-state index in [4.69, 9.17) is 9.47 Å². The summed E-state index contributed by atoms with van der Waals surface area (Å²) in [5.74, 6) is 0.823. The maximum absolute atomic E-state index is 5.57. The van der Waals surface area contributed by atoms with Crippen molar-refractivity contribution in [2.24, 2.45) is 4.99 Å². The molecule has 25 heavy (non-hydrogen) atoms. The number of ether oxygens (including phenoxy) is 2. The van der Waals surface area contributed by atoms with Gasteiger partial charge in [-0.2, -0.15) is 0 Å². The molecule has 0 aromatic heterocycles. The van der Waals surface area contributed by atoms with Crippen LogP contribution in [0.5, 0.6) is 0 Å². The van der Waals surface area contributed by atoms with Crippen molar-refractivity contribution in [3.63, 3.8) is 0 Å². The summed E-state index contributed by atoms with van der Waals surface area (Å²) in [5, 5.41) is 6.61. The summed E-state index contributed by atoms with van der Waals surface area (Å²) in [7, 11) is 1.72. The SMILES string of the molecule is CCCCOCCCNC(=NCC(OC)c1ccccc1)NCC.I. The monoisotopic (exact) mass is 463 g/mol. The molecule has 1 aromatic carbocycles. The van der Waals surface area contributed by atoms with Crippen LogP contribution in [0.25, 0.3) is 0 Å². The van der Waals surface area contributed by atoms with Crippen LogP contribution >= 0.6 is 24.0 Å². The van der Waals surface area contributed by atoms with Crippen molar-refractivity contribution in [1.29, 1.82) is 0 Å². The molecule has 1 aromatic rings. The van der Waals surface area contributed by atoms with Crippen molar-refractivity contribution < 1.29 is 9.47 Å². The van der Waals surface area contributed by atoms with E-state index in [0.717, 1.165) is 50.7 Å². The molecule has 0 saturated heterocycles. The van der Waals surface area contributed by atoms with Gasteiger partial charge in [-0.15, -0.1) is 24.0 Å². The Kier molecular flexibility index (Phi) is 16.0. The third-order valence-electron chi connectivity index (χ3n) is 3.62. The number of hydrogen-bond acceptors (Lipinski definition) is 3. The molecule has 0 aliphatic carbocycles. The van der Waals surface area contributed by atoms with Crippen LogP contribution in [0.2, 0.25) is 0 Å². The van der Waals surface area contributed by atoms with E-state index < -0.39 is 0 Å². The smallest absolute Gasteiger partial charge is 0.191 e. The van der Waals surface area contributed by atoms with Crippen LogP contribution in [0.4, 0.5) is 0 Å². The molecule has 0 bridgehead atoms. The van der Waals surface area contributed by atoms with Crippen LogP contribution in [-0.4, -0.2) is 45.9 Å². The highest BCUT2D eigenvalue weighted by atomic mass is 127. The Bertz CT molecular complexity index is 444. The second kappa shape index (κ2) is 16.6. The lowest BCUT2D eigenvalue weighted by Gasteiger charge is -2.16. The summed E-state index contributed by atoms with van der Waals surface area (Å²) in [6.45, 7) is 8.16. The third-order valence-corrected chi connectivity index (χ3v) is 3.62. The van der Waals surface area contributed by atoms with Gasteiger partial charge in [-0.05, 0) is 25.3 Å². The van der Waals surface area contributed by atoms with Gasteiger partial charge in [-0.25, -0.2) is 0 Å². The number of nitrogens with one attached hydrogen (secondary N) is 2. The van der Waals surface area contributed by atoms with Gasteiger partial charge in [0.2, 0.25) is 0 Å². The Balaban J connectivity index is 0.00000576. The van der Waals surface area contributed by atoms with E-state index in [1.807, 2.05) is 18.2 Å². The van der Waals surface area contributed by atoms with E-state index in [1.54, 1.807) is 7.11 Å². The van der Waals surface area contributed by atoms with Crippen molar-refractivity contribution in [3.05, 3.63) is 35.9 Å². The molecule has 0 radical (unpaired) electrons. The van der Waals surface area contributed by atoms with Crippen molar-refractivity contribution in [2.75, 3.05) is 40.0 Å². The molecule has 0 amide bonds. The fourth-order valence-electron chi connectivity index (χ4n) is 2.23. The fourth-order valence-corrected chi connectivity index (χ4v) is 2.23. The van der Waals surface area contributed by atoms with E-state index in [1.165, 1.54) is 6.42 Å². The second-order valence-corrected chi connectivity index (χ2v) is 5.60. The molecule has 0 aliphatic heterocycles. The summed E-state index contributed by atoms with van der Waals surface area (Å²) >= 11 is 0. The first-order valence-corrected chi connectivity index (χ1v) is 8.99. The van der Waals surface area contributed by atoms with Gasteiger partial charge in [0.05, 0.1) is 6.54 Å². The Morgan fingerprint density at radius 1 is 1.08 bits per heavy atom. The average molecular weight is 463 g/mol.